The molecule has 0 amide bonds. The molecule has 1 aromatic rings. The number of benzene rings is 1. The maximum Gasteiger partial charge on any atom is 0.191 e. The fourth-order valence-electron chi connectivity index (χ4n) is 6.73. The van der Waals surface area contributed by atoms with Gasteiger partial charge >= 0.3 is 0 Å². The third kappa shape index (κ3) is 3.94. The van der Waals surface area contributed by atoms with Crippen LogP contribution in [0, 0.1) is 11.3 Å². The minimum absolute atomic E-state index is 0.339. The van der Waals surface area contributed by atoms with Gasteiger partial charge in [-0.15, -0.1) is 0 Å². The van der Waals surface area contributed by atoms with E-state index in [-0.39, 0.29) is 0 Å². The Morgan fingerprint density at radius 2 is 1.88 bits per heavy atom. The number of likely N-dealkylation sites (tertiary alicyclic amines) is 1. The predicted molar refractivity (Wildman–Crippen MR) is 125 cm³/mol. The van der Waals surface area contributed by atoms with Gasteiger partial charge in [0.2, 0.25) is 0 Å². The first-order chi connectivity index (χ1) is 15.6. The first-order valence-electron chi connectivity index (χ1n) is 12.2. The standard InChI is InChI=1S/C25H38N4O3/c1-26-24(28-22-21-7-11-32-23(21)25(22)8-4-5-9-25)27-18-6-10-29(16-18)15-17-12-19(30-2)14-20(13-17)31-3/h12-14,18,21-23H,4-11,15-16H2,1-3H3,(H2,26,27,28). The van der Waals surface area contributed by atoms with E-state index in [0.29, 0.717) is 29.5 Å². The van der Waals surface area contributed by atoms with E-state index in [1.165, 1.54) is 37.7 Å². The van der Waals surface area contributed by atoms with Crippen LogP contribution in [0.3, 0.4) is 0 Å². The highest BCUT2D eigenvalue weighted by Crippen LogP contribution is 2.60. The molecular formula is C25H38N4O3. The molecule has 4 aliphatic rings. The second-order valence-electron chi connectivity index (χ2n) is 9.96. The van der Waals surface area contributed by atoms with Gasteiger partial charge in [0.05, 0.1) is 20.3 Å². The van der Waals surface area contributed by atoms with Crippen LogP contribution in [0.15, 0.2) is 23.2 Å². The summed E-state index contributed by atoms with van der Waals surface area (Å²) in [5, 5.41) is 7.56. The van der Waals surface area contributed by atoms with Gasteiger partial charge in [-0.3, -0.25) is 9.89 Å². The summed E-state index contributed by atoms with van der Waals surface area (Å²) >= 11 is 0. The predicted octanol–water partition coefficient (Wildman–Crippen LogP) is 2.79. The smallest absolute Gasteiger partial charge is 0.191 e. The largest absolute Gasteiger partial charge is 0.497 e. The van der Waals surface area contributed by atoms with E-state index in [9.17, 15) is 0 Å². The molecule has 4 fully saturated rings. The third-order valence-electron chi connectivity index (χ3n) is 8.23. The molecule has 176 valence electrons. The summed E-state index contributed by atoms with van der Waals surface area (Å²) < 4.78 is 17.0. The third-order valence-corrected chi connectivity index (χ3v) is 8.23. The Morgan fingerprint density at radius 3 is 2.56 bits per heavy atom. The summed E-state index contributed by atoms with van der Waals surface area (Å²) in [5.41, 5.74) is 1.56. The zero-order chi connectivity index (χ0) is 22.1. The van der Waals surface area contributed by atoms with Crippen molar-refractivity contribution in [1.82, 2.24) is 15.5 Å². The summed E-state index contributed by atoms with van der Waals surface area (Å²) in [6.07, 6.45) is 8.04. The van der Waals surface area contributed by atoms with Gasteiger partial charge in [0.15, 0.2) is 5.96 Å². The first kappa shape index (κ1) is 21.8. The summed E-state index contributed by atoms with van der Waals surface area (Å²) in [4.78, 5) is 7.09. The van der Waals surface area contributed by atoms with Crippen LogP contribution in [-0.2, 0) is 11.3 Å². The number of nitrogens with zero attached hydrogens (tertiary/aromatic N) is 2. The number of guanidine groups is 1. The Labute approximate surface area is 191 Å². The lowest BCUT2D eigenvalue weighted by Crippen LogP contribution is -2.69. The van der Waals surface area contributed by atoms with Crippen molar-refractivity contribution in [2.45, 2.75) is 63.3 Å². The molecular weight excluding hydrogens is 404 g/mol. The van der Waals surface area contributed by atoms with Gasteiger partial charge in [0.1, 0.15) is 11.5 Å². The second-order valence-corrected chi connectivity index (χ2v) is 9.96. The van der Waals surface area contributed by atoms with Crippen molar-refractivity contribution < 1.29 is 14.2 Å². The zero-order valence-corrected chi connectivity index (χ0v) is 19.7. The van der Waals surface area contributed by atoms with Crippen molar-refractivity contribution in [3.05, 3.63) is 23.8 Å². The average Bonchev–Trinajstić information content (AvgIpc) is 3.56. The molecule has 0 radical (unpaired) electrons. The highest BCUT2D eigenvalue weighted by Gasteiger charge is 2.65. The van der Waals surface area contributed by atoms with Crippen molar-refractivity contribution >= 4 is 5.96 Å². The molecule has 2 aliphatic heterocycles. The highest BCUT2D eigenvalue weighted by atomic mass is 16.5. The molecule has 5 rings (SSSR count). The van der Waals surface area contributed by atoms with Gasteiger partial charge in [-0.1, -0.05) is 12.8 Å². The number of aliphatic imine (C=N–C) groups is 1. The molecule has 32 heavy (non-hydrogen) atoms. The van der Waals surface area contributed by atoms with Crippen molar-refractivity contribution in [3.8, 4) is 11.5 Å². The number of fused-ring (bicyclic) bond motifs is 2. The second kappa shape index (κ2) is 9.10. The summed E-state index contributed by atoms with van der Waals surface area (Å²) in [6, 6.07) is 7.03. The van der Waals surface area contributed by atoms with Crippen molar-refractivity contribution in [2.24, 2.45) is 16.3 Å². The van der Waals surface area contributed by atoms with E-state index in [0.717, 1.165) is 50.1 Å². The van der Waals surface area contributed by atoms with Crippen molar-refractivity contribution in [1.29, 1.82) is 0 Å². The van der Waals surface area contributed by atoms with Crippen LogP contribution < -0.4 is 20.1 Å². The fourth-order valence-corrected chi connectivity index (χ4v) is 6.73. The summed E-state index contributed by atoms with van der Waals surface area (Å²) in [5.74, 6) is 3.29. The molecule has 2 saturated heterocycles. The quantitative estimate of drug-likeness (QED) is 0.522. The fraction of sp³-hybridized carbons (Fsp3) is 0.720. The SMILES string of the molecule is CN=C(NC1CCN(Cc2cc(OC)cc(OC)c2)C1)NC1C2CCOC2C12CCCC2. The summed E-state index contributed by atoms with van der Waals surface area (Å²) in [7, 11) is 5.29. The van der Waals surface area contributed by atoms with E-state index in [1.54, 1.807) is 14.2 Å². The molecule has 7 heteroatoms. The molecule has 2 N–H and O–H groups in total. The molecule has 1 spiro atoms. The van der Waals surface area contributed by atoms with Crippen molar-refractivity contribution in [3.63, 3.8) is 0 Å². The lowest BCUT2D eigenvalue weighted by molar-refractivity contribution is -0.125. The Kier molecular flexibility index (Phi) is 6.21. The Balaban J connectivity index is 1.17. The maximum atomic E-state index is 6.15. The first-order valence-corrected chi connectivity index (χ1v) is 12.2. The van der Waals surface area contributed by atoms with Crippen LogP contribution in [0.5, 0.6) is 11.5 Å². The lowest BCUT2D eigenvalue weighted by Gasteiger charge is -2.57. The number of methoxy groups -OCH3 is 2. The molecule has 1 aromatic carbocycles. The molecule has 2 aliphatic carbocycles. The van der Waals surface area contributed by atoms with Gasteiger partial charge in [-0.05, 0) is 43.4 Å². The Morgan fingerprint density at radius 1 is 1.12 bits per heavy atom. The van der Waals surface area contributed by atoms with E-state index < -0.39 is 0 Å². The van der Waals surface area contributed by atoms with E-state index in [4.69, 9.17) is 14.2 Å². The monoisotopic (exact) mass is 442 g/mol. The van der Waals surface area contributed by atoms with Crippen LogP contribution in [0.2, 0.25) is 0 Å². The number of rotatable bonds is 6. The number of hydrogen-bond acceptors (Lipinski definition) is 5. The van der Waals surface area contributed by atoms with Gasteiger partial charge < -0.3 is 24.8 Å². The van der Waals surface area contributed by atoms with Crippen LogP contribution in [0.25, 0.3) is 0 Å². The van der Waals surface area contributed by atoms with Crippen LogP contribution in [0.1, 0.15) is 44.1 Å². The van der Waals surface area contributed by atoms with Gasteiger partial charge in [-0.25, -0.2) is 0 Å². The van der Waals surface area contributed by atoms with E-state index >= 15 is 0 Å². The Bertz CT molecular complexity index is 816. The summed E-state index contributed by atoms with van der Waals surface area (Å²) in [6.45, 7) is 3.89. The normalized spacial score (nSPS) is 31.4. The van der Waals surface area contributed by atoms with Crippen LogP contribution in [-0.4, -0.2) is 70.0 Å². The molecule has 4 unspecified atom stereocenters. The number of hydrogen-bond donors (Lipinski definition) is 2. The van der Waals surface area contributed by atoms with E-state index in [1.807, 2.05) is 13.1 Å². The number of ether oxygens (including phenoxy) is 3. The van der Waals surface area contributed by atoms with Gasteiger partial charge in [0.25, 0.3) is 0 Å². The molecule has 7 nitrogen and oxygen atoms in total. The highest BCUT2D eigenvalue weighted by molar-refractivity contribution is 5.80. The molecule has 0 bridgehead atoms. The average molecular weight is 443 g/mol. The van der Waals surface area contributed by atoms with Crippen molar-refractivity contribution in [2.75, 3.05) is 41.0 Å². The minimum Gasteiger partial charge on any atom is -0.497 e. The van der Waals surface area contributed by atoms with Gasteiger partial charge in [-0.2, -0.15) is 0 Å². The molecule has 4 atom stereocenters. The minimum atomic E-state index is 0.339. The molecule has 2 heterocycles. The topological polar surface area (TPSA) is 67.4 Å². The zero-order valence-electron chi connectivity index (χ0n) is 19.7. The number of nitrogens with one attached hydrogen (secondary N) is 2. The van der Waals surface area contributed by atoms with E-state index in [2.05, 4.69) is 32.7 Å². The van der Waals surface area contributed by atoms with Crippen LogP contribution >= 0.6 is 0 Å². The molecule has 2 saturated carbocycles. The lowest BCUT2D eigenvalue weighted by atomic mass is 9.54. The van der Waals surface area contributed by atoms with Gasteiger partial charge in [0, 0.05) is 62.8 Å². The van der Waals surface area contributed by atoms with Crippen LogP contribution in [0.4, 0.5) is 0 Å². The molecule has 0 aromatic heterocycles. The Hall–Kier alpha value is -1.99. The maximum absolute atomic E-state index is 6.15.